The molecule has 0 amide bonds. The van der Waals surface area contributed by atoms with E-state index >= 15 is 0 Å². The Bertz CT molecular complexity index is 312. The number of rotatable bonds is 4. The predicted octanol–water partition coefficient (Wildman–Crippen LogP) is 4.91. The molecule has 2 N–H and O–H groups in total. The lowest BCUT2D eigenvalue weighted by molar-refractivity contribution is -0.133. The van der Waals surface area contributed by atoms with Crippen LogP contribution < -0.4 is 5.73 Å². The highest BCUT2D eigenvalue weighted by Crippen LogP contribution is 2.44. The van der Waals surface area contributed by atoms with Crippen LogP contribution in [0.2, 0.25) is 0 Å². The van der Waals surface area contributed by atoms with Gasteiger partial charge in [-0.2, -0.15) is 0 Å². The quantitative estimate of drug-likeness (QED) is 0.800. The Kier molecular flexibility index (Phi) is 5.76. The molecule has 0 spiro atoms. The van der Waals surface area contributed by atoms with Crippen LogP contribution in [0, 0.1) is 17.3 Å². The maximum atomic E-state index is 6.64. The van der Waals surface area contributed by atoms with Crippen molar-refractivity contribution < 1.29 is 4.74 Å². The molecular weight excluding hydrogens is 258 g/mol. The molecule has 0 saturated heterocycles. The van der Waals surface area contributed by atoms with E-state index in [1.165, 1.54) is 57.8 Å². The molecule has 21 heavy (non-hydrogen) atoms. The Labute approximate surface area is 132 Å². The van der Waals surface area contributed by atoms with Crippen molar-refractivity contribution in [1.29, 1.82) is 0 Å². The zero-order valence-electron chi connectivity index (χ0n) is 14.8. The Morgan fingerprint density at radius 1 is 1.10 bits per heavy atom. The van der Waals surface area contributed by atoms with Crippen LogP contribution in [0.5, 0.6) is 0 Å². The molecule has 0 radical (unpaired) electrons. The molecule has 0 aromatic rings. The highest BCUT2D eigenvalue weighted by atomic mass is 16.5. The molecule has 124 valence electrons. The Hall–Kier alpha value is -0.0800. The van der Waals surface area contributed by atoms with Crippen LogP contribution in [-0.2, 0) is 4.74 Å². The van der Waals surface area contributed by atoms with Gasteiger partial charge >= 0.3 is 0 Å². The van der Waals surface area contributed by atoms with Crippen molar-refractivity contribution in [3.05, 3.63) is 0 Å². The first-order chi connectivity index (χ1) is 9.88. The fraction of sp³-hybridized carbons (Fsp3) is 1.00. The van der Waals surface area contributed by atoms with E-state index in [-0.39, 0.29) is 5.60 Å². The fourth-order valence-electron chi connectivity index (χ4n) is 4.45. The second-order valence-corrected chi connectivity index (χ2v) is 8.71. The molecule has 0 aromatic carbocycles. The molecular formula is C19H37NO. The molecule has 2 rings (SSSR count). The van der Waals surface area contributed by atoms with Gasteiger partial charge in [-0.05, 0) is 55.8 Å². The summed E-state index contributed by atoms with van der Waals surface area (Å²) in [6.45, 7) is 10.2. The third-order valence-electron chi connectivity index (χ3n) is 6.22. The van der Waals surface area contributed by atoms with E-state index in [0.717, 1.165) is 11.8 Å². The van der Waals surface area contributed by atoms with Crippen molar-refractivity contribution in [2.45, 2.75) is 97.2 Å². The lowest BCUT2D eigenvalue weighted by atomic mass is 9.68. The standard InChI is InChI=1S/C19H37NO/c1-5-15-7-6-8-17(13-15)21-19(14-20)11-9-16(10-12-19)18(2,3)4/h15-17H,5-14,20H2,1-4H3. The predicted molar refractivity (Wildman–Crippen MR) is 90.3 cm³/mol. The SMILES string of the molecule is CCC1CCCC(OC2(CN)CCC(C(C)(C)C)CC2)C1. The summed E-state index contributed by atoms with van der Waals surface area (Å²) < 4.78 is 6.64. The van der Waals surface area contributed by atoms with Crippen molar-refractivity contribution in [3.63, 3.8) is 0 Å². The van der Waals surface area contributed by atoms with Gasteiger partial charge in [0.05, 0.1) is 11.7 Å². The minimum absolute atomic E-state index is 0.0119. The largest absolute Gasteiger partial charge is 0.370 e. The van der Waals surface area contributed by atoms with Gasteiger partial charge in [0.2, 0.25) is 0 Å². The fourth-order valence-corrected chi connectivity index (χ4v) is 4.45. The maximum Gasteiger partial charge on any atom is 0.0808 e. The first-order valence-electron chi connectivity index (χ1n) is 9.26. The van der Waals surface area contributed by atoms with E-state index in [4.69, 9.17) is 10.5 Å². The second-order valence-electron chi connectivity index (χ2n) is 8.71. The molecule has 2 saturated carbocycles. The van der Waals surface area contributed by atoms with Gasteiger partial charge in [0.15, 0.2) is 0 Å². The van der Waals surface area contributed by atoms with Crippen LogP contribution in [0.1, 0.15) is 85.5 Å². The molecule has 2 aliphatic carbocycles. The normalized spacial score (nSPS) is 38.4. The Balaban J connectivity index is 1.91. The van der Waals surface area contributed by atoms with Gasteiger partial charge in [-0.25, -0.2) is 0 Å². The molecule has 0 aliphatic heterocycles. The Morgan fingerprint density at radius 2 is 1.76 bits per heavy atom. The van der Waals surface area contributed by atoms with Crippen LogP contribution >= 0.6 is 0 Å². The first kappa shape index (κ1) is 17.3. The van der Waals surface area contributed by atoms with Crippen molar-refractivity contribution >= 4 is 0 Å². The molecule has 2 heteroatoms. The van der Waals surface area contributed by atoms with Crippen LogP contribution in [0.3, 0.4) is 0 Å². The average Bonchev–Trinajstić information content (AvgIpc) is 2.47. The van der Waals surface area contributed by atoms with Crippen LogP contribution in [0.4, 0.5) is 0 Å². The second kappa shape index (κ2) is 7.00. The summed E-state index contributed by atoms with van der Waals surface area (Å²) in [6, 6.07) is 0. The van der Waals surface area contributed by atoms with Gasteiger partial charge in [0.25, 0.3) is 0 Å². The lowest BCUT2D eigenvalue weighted by Crippen LogP contribution is -2.48. The third-order valence-corrected chi connectivity index (χ3v) is 6.22. The lowest BCUT2D eigenvalue weighted by Gasteiger charge is -2.46. The van der Waals surface area contributed by atoms with Gasteiger partial charge in [-0.1, -0.05) is 47.0 Å². The molecule has 2 unspecified atom stereocenters. The summed E-state index contributed by atoms with van der Waals surface area (Å²) in [6.07, 6.45) is 11.9. The zero-order chi connectivity index (χ0) is 15.5. The van der Waals surface area contributed by atoms with E-state index in [2.05, 4.69) is 27.7 Å². The zero-order valence-corrected chi connectivity index (χ0v) is 14.8. The number of nitrogens with two attached hydrogens (primary N) is 1. The van der Waals surface area contributed by atoms with E-state index in [0.29, 0.717) is 18.1 Å². The van der Waals surface area contributed by atoms with Gasteiger partial charge in [0.1, 0.15) is 0 Å². The van der Waals surface area contributed by atoms with Crippen molar-refractivity contribution in [2.75, 3.05) is 6.54 Å². The number of hydrogen-bond acceptors (Lipinski definition) is 2. The molecule has 2 aliphatic rings. The minimum atomic E-state index is -0.0119. The topological polar surface area (TPSA) is 35.2 Å². The van der Waals surface area contributed by atoms with Crippen molar-refractivity contribution in [3.8, 4) is 0 Å². The van der Waals surface area contributed by atoms with E-state index in [1.807, 2.05) is 0 Å². The third kappa shape index (κ3) is 4.45. The monoisotopic (exact) mass is 295 g/mol. The maximum absolute atomic E-state index is 6.64. The van der Waals surface area contributed by atoms with Gasteiger partial charge < -0.3 is 10.5 Å². The molecule has 2 nitrogen and oxygen atoms in total. The van der Waals surface area contributed by atoms with Gasteiger partial charge in [-0.3, -0.25) is 0 Å². The van der Waals surface area contributed by atoms with Crippen LogP contribution in [0.25, 0.3) is 0 Å². The number of ether oxygens (including phenoxy) is 1. The van der Waals surface area contributed by atoms with E-state index in [9.17, 15) is 0 Å². The molecule has 2 fully saturated rings. The van der Waals surface area contributed by atoms with Crippen LogP contribution in [-0.4, -0.2) is 18.2 Å². The summed E-state index contributed by atoms with van der Waals surface area (Å²) in [5, 5.41) is 0. The molecule has 2 atom stereocenters. The highest BCUT2D eigenvalue weighted by Gasteiger charge is 2.40. The minimum Gasteiger partial charge on any atom is -0.370 e. The summed E-state index contributed by atoms with van der Waals surface area (Å²) in [5.41, 5.74) is 6.57. The highest BCUT2D eigenvalue weighted by molar-refractivity contribution is 4.92. The smallest absolute Gasteiger partial charge is 0.0808 e. The summed E-state index contributed by atoms with van der Waals surface area (Å²) in [4.78, 5) is 0. The molecule has 0 bridgehead atoms. The number of hydrogen-bond donors (Lipinski definition) is 1. The summed E-state index contributed by atoms with van der Waals surface area (Å²) in [7, 11) is 0. The van der Waals surface area contributed by atoms with E-state index in [1.54, 1.807) is 0 Å². The molecule has 0 heterocycles. The van der Waals surface area contributed by atoms with E-state index < -0.39 is 0 Å². The summed E-state index contributed by atoms with van der Waals surface area (Å²) >= 11 is 0. The van der Waals surface area contributed by atoms with Crippen molar-refractivity contribution in [2.24, 2.45) is 23.0 Å². The molecule has 0 aromatic heterocycles. The van der Waals surface area contributed by atoms with Gasteiger partial charge in [0, 0.05) is 6.54 Å². The van der Waals surface area contributed by atoms with Gasteiger partial charge in [-0.15, -0.1) is 0 Å². The first-order valence-corrected chi connectivity index (χ1v) is 9.26. The van der Waals surface area contributed by atoms with Crippen molar-refractivity contribution in [1.82, 2.24) is 0 Å². The summed E-state index contributed by atoms with van der Waals surface area (Å²) in [5.74, 6) is 1.71. The van der Waals surface area contributed by atoms with Crippen LogP contribution in [0.15, 0.2) is 0 Å². The average molecular weight is 296 g/mol. The Morgan fingerprint density at radius 3 is 2.29 bits per heavy atom.